The zero-order chi connectivity index (χ0) is 19.6. The third-order valence-electron chi connectivity index (χ3n) is 3.87. The van der Waals surface area contributed by atoms with E-state index in [-0.39, 0.29) is 24.8 Å². The van der Waals surface area contributed by atoms with Gasteiger partial charge >= 0.3 is 5.97 Å². The molecule has 0 bridgehead atoms. The van der Waals surface area contributed by atoms with E-state index in [0.29, 0.717) is 6.42 Å². The molecule has 144 valence electrons. The van der Waals surface area contributed by atoms with E-state index in [4.69, 9.17) is 17.2 Å². The Labute approximate surface area is 147 Å². The molecule has 10 heteroatoms. The van der Waals surface area contributed by atoms with Gasteiger partial charge in [0, 0.05) is 6.54 Å². The lowest BCUT2D eigenvalue weighted by atomic mass is 9.99. The molecule has 0 aliphatic rings. The van der Waals surface area contributed by atoms with Crippen LogP contribution in [0.1, 0.15) is 40.0 Å². The summed E-state index contributed by atoms with van der Waals surface area (Å²) in [4.78, 5) is 39.1. The van der Waals surface area contributed by atoms with E-state index in [1.54, 1.807) is 0 Å². The predicted octanol–water partition coefficient (Wildman–Crippen LogP) is -1.51. The van der Waals surface area contributed by atoms with Crippen molar-refractivity contribution in [1.82, 2.24) is 10.6 Å². The number of carboxylic acids is 1. The van der Waals surface area contributed by atoms with Crippen molar-refractivity contribution in [1.29, 1.82) is 0 Å². The first-order chi connectivity index (χ1) is 11.6. The fourth-order valence-electron chi connectivity index (χ4n) is 1.95. The Morgan fingerprint density at radius 3 is 2.20 bits per heavy atom. The Morgan fingerprint density at radius 2 is 1.72 bits per heavy atom. The molecule has 25 heavy (non-hydrogen) atoms. The van der Waals surface area contributed by atoms with Crippen molar-refractivity contribution in [3.63, 3.8) is 0 Å². The van der Waals surface area contributed by atoms with Crippen LogP contribution in [0.3, 0.4) is 0 Å². The Morgan fingerprint density at radius 1 is 1.12 bits per heavy atom. The highest BCUT2D eigenvalue weighted by Gasteiger charge is 2.26. The van der Waals surface area contributed by atoms with Crippen molar-refractivity contribution in [2.75, 3.05) is 6.54 Å². The van der Waals surface area contributed by atoms with Crippen LogP contribution in [0.25, 0.3) is 0 Å². The van der Waals surface area contributed by atoms with Gasteiger partial charge in [-0.25, -0.2) is 4.79 Å². The van der Waals surface area contributed by atoms with Crippen LogP contribution in [0.2, 0.25) is 0 Å². The SMILES string of the molecule is CCC(C)C(N)C(=O)NC(C)C(=O)NC(CCCN=C(N)N)C(=O)O. The highest BCUT2D eigenvalue weighted by Crippen LogP contribution is 2.05. The third-order valence-corrected chi connectivity index (χ3v) is 3.87. The second-order valence-electron chi connectivity index (χ2n) is 5.99. The summed E-state index contributed by atoms with van der Waals surface area (Å²) in [6, 6.07) is -2.72. The molecule has 0 fully saturated rings. The predicted molar refractivity (Wildman–Crippen MR) is 94.5 cm³/mol. The lowest BCUT2D eigenvalue weighted by molar-refractivity contribution is -0.142. The maximum absolute atomic E-state index is 12.1. The quantitative estimate of drug-likeness (QED) is 0.147. The number of hydrogen-bond acceptors (Lipinski definition) is 5. The zero-order valence-corrected chi connectivity index (χ0v) is 15.0. The second-order valence-corrected chi connectivity index (χ2v) is 5.99. The summed E-state index contributed by atoms with van der Waals surface area (Å²) in [6.07, 6.45) is 1.27. The molecule has 2 amide bonds. The van der Waals surface area contributed by atoms with Crippen LogP contribution < -0.4 is 27.8 Å². The molecule has 0 radical (unpaired) electrons. The number of nitrogens with one attached hydrogen (secondary N) is 2. The largest absolute Gasteiger partial charge is 0.480 e. The van der Waals surface area contributed by atoms with E-state index >= 15 is 0 Å². The Bertz CT molecular complexity index is 492. The summed E-state index contributed by atoms with van der Waals surface area (Å²) < 4.78 is 0. The molecule has 0 aliphatic carbocycles. The number of nitrogens with two attached hydrogens (primary N) is 3. The molecular formula is C15H30N6O4. The van der Waals surface area contributed by atoms with Gasteiger partial charge in [0.2, 0.25) is 11.8 Å². The van der Waals surface area contributed by atoms with Crippen LogP contribution in [0.4, 0.5) is 0 Å². The summed E-state index contributed by atoms with van der Waals surface area (Å²) in [5, 5.41) is 14.1. The van der Waals surface area contributed by atoms with Crippen LogP contribution in [0.5, 0.6) is 0 Å². The number of guanidine groups is 1. The standard InChI is InChI=1S/C15H30N6O4/c1-4-8(2)11(16)13(23)20-9(3)12(22)21-10(14(24)25)6-5-7-19-15(17)18/h8-11H,4-7,16H2,1-3H3,(H,20,23)(H,21,22)(H,24,25)(H4,17,18,19). The van der Waals surface area contributed by atoms with E-state index in [2.05, 4.69) is 15.6 Å². The number of aliphatic imine (C=N–C) groups is 1. The highest BCUT2D eigenvalue weighted by atomic mass is 16.4. The molecule has 0 aromatic carbocycles. The fourth-order valence-corrected chi connectivity index (χ4v) is 1.95. The van der Waals surface area contributed by atoms with E-state index < -0.39 is 35.9 Å². The van der Waals surface area contributed by atoms with Gasteiger partial charge in [0.05, 0.1) is 6.04 Å². The third kappa shape index (κ3) is 8.89. The second kappa shape index (κ2) is 11.2. The first-order valence-electron chi connectivity index (χ1n) is 8.24. The van der Waals surface area contributed by atoms with E-state index in [0.717, 1.165) is 6.42 Å². The van der Waals surface area contributed by atoms with Crippen molar-refractivity contribution < 1.29 is 19.5 Å². The lowest BCUT2D eigenvalue weighted by Gasteiger charge is -2.22. The van der Waals surface area contributed by atoms with E-state index in [1.165, 1.54) is 6.92 Å². The topological polar surface area (TPSA) is 186 Å². The van der Waals surface area contributed by atoms with Gasteiger partial charge in [0.15, 0.2) is 5.96 Å². The van der Waals surface area contributed by atoms with Gasteiger partial charge in [-0.2, -0.15) is 0 Å². The first-order valence-corrected chi connectivity index (χ1v) is 8.24. The molecule has 4 unspecified atom stereocenters. The summed E-state index contributed by atoms with van der Waals surface area (Å²) in [5.74, 6) is -2.33. The van der Waals surface area contributed by atoms with Gasteiger partial charge in [-0.3, -0.25) is 14.6 Å². The van der Waals surface area contributed by atoms with Crippen molar-refractivity contribution >= 4 is 23.7 Å². The minimum absolute atomic E-state index is 0.0300. The highest BCUT2D eigenvalue weighted by molar-refractivity contribution is 5.91. The van der Waals surface area contributed by atoms with Crippen LogP contribution in [-0.2, 0) is 14.4 Å². The van der Waals surface area contributed by atoms with Gasteiger partial charge < -0.3 is 32.9 Å². The minimum Gasteiger partial charge on any atom is -0.480 e. The van der Waals surface area contributed by atoms with Gasteiger partial charge in [-0.05, 0) is 25.7 Å². The Hall–Kier alpha value is -2.36. The molecule has 0 rings (SSSR count). The number of carboxylic acid groups (broad SMARTS) is 1. The van der Waals surface area contributed by atoms with Gasteiger partial charge in [-0.1, -0.05) is 20.3 Å². The van der Waals surface area contributed by atoms with Crippen LogP contribution in [0, 0.1) is 5.92 Å². The van der Waals surface area contributed by atoms with Crippen molar-refractivity contribution in [2.45, 2.75) is 58.2 Å². The number of carbonyl (C=O) groups is 3. The molecular weight excluding hydrogens is 328 g/mol. The Balaban J connectivity index is 4.55. The Kier molecular flexibility index (Phi) is 10.2. The molecule has 0 heterocycles. The number of hydrogen-bond donors (Lipinski definition) is 6. The summed E-state index contributed by atoms with van der Waals surface area (Å²) in [5.41, 5.74) is 16.2. The normalized spacial score (nSPS) is 15.4. The van der Waals surface area contributed by atoms with Crippen LogP contribution in [-0.4, -0.2) is 53.5 Å². The number of amides is 2. The molecule has 0 spiro atoms. The van der Waals surface area contributed by atoms with E-state index in [1.807, 2.05) is 13.8 Å². The smallest absolute Gasteiger partial charge is 0.326 e. The number of rotatable bonds is 11. The molecule has 9 N–H and O–H groups in total. The lowest BCUT2D eigenvalue weighted by Crippen LogP contribution is -2.54. The van der Waals surface area contributed by atoms with E-state index in [9.17, 15) is 19.5 Å². The summed E-state index contributed by atoms with van der Waals surface area (Å²) >= 11 is 0. The van der Waals surface area contributed by atoms with Crippen LogP contribution >= 0.6 is 0 Å². The molecule has 0 aromatic rings. The first kappa shape index (κ1) is 22.6. The molecule has 4 atom stereocenters. The fraction of sp³-hybridized carbons (Fsp3) is 0.733. The molecule has 0 aliphatic heterocycles. The number of aliphatic carboxylic acids is 1. The molecule has 0 aromatic heterocycles. The molecule has 0 saturated heterocycles. The average molecular weight is 358 g/mol. The van der Waals surface area contributed by atoms with Gasteiger partial charge in [0.1, 0.15) is 12.1 Å². The number of carbonyl (C=O) groups excluding carboxylic acids is 2. The molecule has 10 nitrogen and oxygen atoms in total. The number of nitrogens with zero attached hydrogens (tertiary/aromatic N) is 1. The van der Waals surface area contributed by atoms with Crippen LogP contribution in [0.15, 0.2) is 4.99 Å². The monoisotopic (exact) mass is 358 g/mol. The average Bonchev–Trinajstić information content (AvgIpc) is 2.55. The van der Waals surface area contributed by atoms with Crippen molar-refractivity contribution in [2.24, 2.45) is 28.1 Å². The van der Waals surface area contributed by atoms with Crippen molar-refractivity contribution in [3.05, 3.63) is 0 Å². The van der Waals surface area contributed by atoms with Gasteiger partial charge in [0.25, 0.3) is 0 Å². The zero-order valence-electron chi connectivity index (χ0n) is 15.0. The maximum Gasteiger partial charge on any atom is 0.326 e. The van der Waals surface area contributed by atoms with Crippen molar-refractivity contribution in [3.8, 4) is 0 Å². The van der Waals surface area contributed by atoms with Gasteiger partial charge in [-0.15, -0.1) is 0 Å². The summed E-state index contributed by atoms with van der Waals surface area (Å²) in [6.45, 7) is 5.48. The minimum atomic E-state index is -1.17. The maximum atomic E-state index is 12.1. The summed E-state index contributed by atoms with van der Waals surface area (Å²) in [7, 11) is 0. The molecule has 0 saturated carbocycles.